The maximum atomic E-state index is 13.4. The Labute approximate surface area is 361 Å². The van der Waals surface area contributed by atoms with Crippen LogP contribution < -0.4 is 10.5 Å². The van der Waals surface area contributed by atoms with Gasteiger partial charge in [-0.25, -0.2) is 0 Å². The molecular weight excluding hydrogens is 899 g/mol. The van der Waals surface area contributed by atoms with Gasteiger partial charge < -0.3 is 10.5 Å². The number of nitrogens with one attached hydrogen (secondary N) is 2. The molecule has 0 bridgehead atoms. The van der Waals surface area contributed by atoms with Gasteiger partial charge in [-0.1, -0.05) is 144 Å². The molecule has 0 heterocycles. The van der Waals surface area contributed by atoms with Gasteiger partial charge in [-0.2, -0.15) is 26.3 Å². The number of hydrogen-bond donors (Lipinski definition) is 2. The van der Waals surface area contributed by atoms with Gasteiger partial charge in [0, 0.05) is 0 Å². The zero-order valence-corrected chi connectivity index (χ0v) is 35.2. The monoisotopic (exact) mass is 929 g/mol. The van der Waals surface area contributed by atoms with Crippen molar-refractivity contribution in [2.45, 2.75) is 12.4 Å². The second-order valence-electron chi connectivity index (χ2n) is 12.7. The third-order valence-electron chi connectivity index (χ3n) is 9.06. The van der Waals surface area contributed by atoms with Crippen molar-refractivity contribution in [1.29, 1.82) is 0 Å². The fourth-order valence-electron chi connectivity index (χ4n) is 6.58. The number of halogens is 8. The molecule has 0 saturated carbocycles. The molecule has 0 spiro atoms. The zero-order chi connectivity index (χ0) is 43.1. The van der Waals surface area contributed by atoms with Crippen molar-refractivity contribution in [2.24, 2.45) is 0 Å². The summed E-state index contributed by atoms with van der Waals surface area (Å²) in [5, 5.41) is 7.74. The summed E-state index contributed by atoms with van der Waals surface area (Å²) in [6.45, 7) is 0. The van der Waals surface area contributed by atoms with Gasteiger partial charge in [0.05, 0.1) is 11.1 Å². The Kier molecular flexibility index (Phi) is 16.5. The van der Waals surface area contributed by atoms with E-state index in [0.29, 0.717) is 23.9 Å². The third kappa shape index (κ3) is 11.9. The predicted octanol–water partition coefficient (Wildman–Crippen LogP) is 13.2. The Hall–Kier alpha value is -5.41. The molecule has 0 unspecified atom stereocenters. The summed E-state index contributed by atoms with van der Waals surface area (Å²) in [5.41, 5.74) is 4.54. The first-order valence-electron chi connectivity index (χ1n) is 17.9. The first kappa shape index (κ1) is 45.7. The number of fused-ring (bicyclic) bond motifs is 2. The maximum absolute atomic E-state index is 13.4. The van der Waals surface area contributed by atoms with Crippen LogP contribution in [-0.2, 0) is 42.8 Å². The van der Waals surface area contributed by atoms with Crippen LogP contribution in [0.3, 0.4) is 0 Å². The van der Waals surface area contributed by atoms with Crippen LogP contribution in [0.4, 0.5) is 26.3 Å². The standard InChI is InChI=1S/2C22H14F3.C2H4BN2O2.2ClH.Zr/c2*23-22(24,25)21-12-5-4-10-19(21)18-11-6-9-16-13-17(14-20(16)18)15-7-2-1-3-8-15;6-1-4-3-5-2-7;;;/h2*1-14H;1-2H,(H,4,6)(H,5,7);2*1H;/q2*-1;;;;+4/p-2. The van der Waals surface area contributed by atoms with Crippen LogP contribution in [0.1, 0.15) is 11.1 Å². The molecule has 0 atom stereocenters. The van der Waals surface area contributed by atoms with E-state index in [-0.39, 0.29) is 11.1 Å². The molecule has 0 aromatic heterocycles. The van der Waals surface area contributed by atoms with E-state index in [1.165, 1.54) is 24.3 Å². The molecular formula is C46H32BCl2F6N2O2Zr. The number of amides is 2. The van der Waals surface area contributed by atoms with Crippen LogP contribution in [0.5, 0.6) is 0 Å². The molecule has 1 radical (unpaired) electrons. The molecule has 2 amide bonds. The van der Waals surface area contributed by atoms with E-state index in [1.807, 2.05) is 97.1 Å². The molecule has 4 nitrogen and oxygen atoms in total. The number of carbonyl (C=O) groups excluding carboxylic acids is 2. The van der Waals surface area contributed by atoms with Crippen LogP contribution in [0.25, 0.3) is 66.1 Å². The summed E-state index contributed by atoms with van der Waals surface area (Å²) < 4.78 is 80.4. The van der Waals surface area contributed by atoms with E-state index in [4.69, 9.17) is 17.0 Å². The molecule has 0 fully saturated rings. The Balaban J connectivity index is 0.000000186. The summed E-state index contributed by atoms with van der Waals surface area (Å²) in [6, 6.07) is 50.1. The van der Waals surface area contributed by atoms with Gasteiger partial charge in [0.15, 0.2) is 12.8 Å². The second kappa shape index (κ2) is 21.7. The molecule has 0 aliphatic carbocycles. The van der Waals surface area contributed by atoms with E-state index in [1.54, 1.807) is 36.4 Å². The van der Waals surface area contributed by atoms with Gasteiger partial charge in [-0.3, -0.25) is 9.59 Å². The van der Waals surface area contributed by atoms with Crippen molar-refractivity contribution in [3.63, 3.8) is 0 Å². The molecule has 8 rings (SSSR count). The van der Waals surface area contributed by atoms with Gasteiger partial charge in [-0.05, 0) is 23.3 Å². The van der Waals surface area contributed by atoms with Crippen molar-refractivity contribution >= 4 is 58.9 Å². The summed E-state index contributed by atoms with van der Waals surface area (Å²) >= 11 is -0.826. The molecule has 0 saturated heterocycles. The van der Waals surface area contributed by atoms with Gasteiger partial charge in [-0.15, -0.1) is 69.1 Å². The predicted molar refractivity (Wildman–Crippen MR) is 227 cm³/mol. The van der Waals surface area contributed by atoms with E-state index >= 15 is 0 Å². The molecule has 8 aromatic carbocycles. The van der Waals surface area contributed by atoms with E-state index < -0.39 is 44.3 Å². The third-order valence-corrected chi connectivity index (χ3v) is 9.06. The van der Waals surface area contributed by atoms with Crippen molar-refractivity contribution in [1.82, 2.24) is 10.5 Å². The number of rotatable bonds is 8. The Bertz CT molecular complexity index is 2440. The van der Waals surface area contributed by atoms with E-state index in [0.717, 1.165) is 63.5 Å². The average Bonchev–Trinajstić information content (AvgIpc) is 3.90. The van der Waals surface area contributed by atoms with Crippen molar-refractivity contribution < 1.29 is 56.8 Å². The fraction of sp³-hybridized carbons (Fsp3) is 0.0435. The van der Waals surface area contributed by atoms with Crippen molar-refractivity contribution in [3.05, 3.63) is 181 Å². The number of hydrogen-bond acceptors (Lipinski definition) is 2. The number of carbonyl (C=O) groups is 2. The molecule has 14 heteroatoms. The summed E-state index contributed by atoms with van der Waals surface area (Å²) in [6.07, 6.45) is -7.85. The minimum atomic E-state index is -4.38. The first-order valence-corrected chi connectivity index (χ1v) is 24.2. The number of benzene rings is 6. The first-order chi connectivity index (χ1) is 28.9. The summed E-state index contributed by atoms with van der Waals surface area (Å²) in [7, 11) is 11.0. The second-order valence-corrected chi connectivity index (χ2v) is 16.4. The Morgan fingerprint density at radius 3 is 1.17 bits per heavy atom. The molecule has 60 heavy (non-hydrogen) atoms. The average molecular weight is 932 g/mol. The molecule has 2 N–H and O–H groups in total. The fourth-order valence-corrected chi connectivity index (χ4v) is 6.58. The van der Waals surface area contributed by atoms with Crippen molar-refractivity contribution in [2.75, 3.05) is 0 Å². The van der Waals surface area contributed by atoms with E-state index in [2.05, 4.69) is 10.5 Å². The van der Waals surface area contributed by atoms with Crippen LogP contribution in [0.2, 0.25) is 0 Å². The summed E-state index contributed by atoms with van der Waals surface area (Å²) in [5.74, 6) is 0. The summed E-state index contributed by atoms with van der Waals surface area (Å²) in [4.78, 5) is 18.8. The van der Waals surface area contributed by atoms with Crippen molar-refractivity contribution in [3.8, 4) is 44.5 Å². The molecule has 0 aliphatic rings. The normalized spacial score (nSPS) is 10.7. The Morgan fingerprint density at radius 2 is 0.817 bits per heavy atom. The SMILES string of the molecule is FC(F)(F)c1ccccc1-c1cccc2[cH-]c(-c3ccccc3)cc12.FC(F)(F)c1ccccc1-c1cccc2[cH-]c(-c3ccccc3)cc12.O=CN[B]NC=O.[Cl][Zr+2][Cl]. The van der Waals surface area contributed by atoms with Gasteiger partial charge in [0.25, 0.3) is 0 Å². The molecule has 0 aliphatic heterocycles. The van der Waals surface area contributed by atoms with E-state index in [9.17, 15) is 35.9 Å². The molecule has 8 aromatic rings. The van der Waals surface area contributed by atoms with Crippen LogP contribution in [0, 0.1) is 0 Å². The molecule has 301 valence electrons. The van der Waals surface area contributed by atoms with Crippen LogP contribution >= 0.6 is 17.0 Å². The minimum absolute atomic E-state index is 0.214. The zero-order valence-electron chi connectivity index (χ0n) is 31.2. The Morgan fingerprint density at radius 1 is 0.483 bits per heavy atom. The number of alkyl halides is 6. The van der Waals surface area contributed by atoms with Crippen LogP contribution in [-0.4, -0.2) is 20.4 Å². The van der Waals surface area contributed by atoms with Crippen LogP contribution in [0.15, 0.2) is 170 Å². The van der Waals surface area contributed by atoms with Gasteiger partial charge in [0.2, 0.25) is 0 Å². The van der Waals surface area contributed by atoms with Gasteiger partial charge in [0.1, 0.15) is 0 Å². The topological polar surface area (TPSA) is 58.2 Å². The quantitative estimate of drug-likeness (QED) is 0.0524. The van der Waals surface area contributed by atoms with Gasteiger partial charge >= 0.3 is 57.8 Å².